The predicted molar refractivity (Wildman–Crippen MR) is 77.2 cm³/mol. The summed E-state index contributed by atoms with van der Waals surface area (Å²) in [5.41, 5.74) is 3.83. The zero-order chi connectivity index (χ0) is 12.8. The van der Waals surface area contributed by atoms with Gasteiger partial charge < -0.3 is 10.0 Å². The number of aromatic nitrogens is 1. The fraction of sp³-hybridized carbons (Fsp3) is 0.400. The number of rotatable bonds is 3. The Kier molecular flexibility index (Phi) is 2.60. The maximum absolute atomic E-state index is 9.50. The summed E-state index contributed by atoms with van der Waals surface area (Å²) in [5, 5.41) is 10.6. The van der Waals surface area contributed by atoms with Crippen LogP contribution in [0.4, 0.5) is 10.8 Å². The van der Waals surface area contributed by atoms with Gasteiger partial charge in [0.2, 0.25) is 0 Å². The highest BCUT2D eigenvalue weighted by atomic mass is 32.1. The largest absolute Gasteiger partial charge is 0.391 e. The Labute approximate surface area is 116 Å². The lowest BCUT2D eigenvalue weighted by molar-refractivity contribution is 0.284. The van der Waals surface area contributed by atoms with Crippen molar-refractivity contribution in [3.8, 4) is 0 Å². The molecule has 0 amide bonds. The summed E-state index contributed by atoms with van der Waals surface area (Å²) >= 11 is 1.65. The summed E-state index contributed by atoms with van der Waals surface area (Å²) < 4.78 is 0. The van der Waals surface area contributed by atoms with Crippen LogP contribution in [0.1, 0.15) is 34.9 Å². The van der Waals surface area contributed by atoms with Crippen molar-refractivity contribution in [2.24, 2.45) is 0 Å². The molecule has 2 aromatic rings. The van der Waals surface area contributed by atoms with E-state index < -0.39 is 0 Å². The normalized spacial score (nSPS) is 17.8. The molecule has 4 heteroatoms. The molecule has 3 nitrogen and oxygen atoms in total. The highest BCUT2D eigenvalue weighted by molar-refractivity contribution is 7.15. The van der Waals surface area contributed by atoms with Crippen molar-refractivity contribution in [1.29, 1.82) is 0 Å². The first-order chi connectivity index (χ1) is 9.36. The van der Waals surface area contributed by atoms with Crippen LogP contribution < -0.4 is 4.90 Å². The van der Waals surface area contributed by atoms with Crippen LogP contribution in [-0.4, -0.2) is 16.6 Å². The minimum atomic E-state index is 0.124. The standard InChI is InChI=1S/C15H16N2OS/c18-9-13-14(11-5-6-11)16-15(19-13)17-8-7-10-3-1-2-4-12(10)17/h1-4,11,18H,5-9H2. The average molecular weight is 272 g/mol. The predicted octanol–water partition coefficient (Wildman–Crippen LogP) is 3.21. The molecule has 0 spiro atoms. The summed E-state index contributed by atoms with van der Waals surface area (Å²) in [6, 6.07) is 8.54. The average Bonchev–Trinajstić information content (AvgIpc) is 3.06. The topological polar surface area (TPSA) is 36.4 Å². The minimum absolute atomic E-state index is 0.124. The molecule has 4 rings (SSSR count). The Morgan fingerprint density at radius 3 is 2.95 bits per heavy atom. The SMILES string of the molecule is OCc1sc(N2CCc3ccccc32)nc1C1CC1. The number of benzene rings is 1. The first kappa shape index (κ1) is 11.4. The number of anilines is 2. The second kappa shape index (κ2) is 4.32. The molecule has 0 saturated heterocycles. The van der Waals surface area contributed by atoms with Gasteiger partial charge in [-0.05, 0) is 30.9 Å². The molecule has 0 unspecified atom stereocenters. The first-order valence-electron chi connectivity index (χ1n) is 6.82. The minimum Gasteiger partial charge on any atom is -0.391 e. The van der Waals surface area contributed by atoms with Crippen molar-refractivity contribution in [3.63, 3.8) is 0 Å². The van der Waals surface area contributed by atoms with E-state index in [4.69, 9.17) is 4.98 Å². The Balaban J connectivity index is 1.73. The molecule has 1 saturated carbocycles. The molecular formula is C15H16N2OS. The van der Waals surface area contributed by atoms with Crippen LogP contribution in [0.5, 0.6) is 0 Å². The van der Waals surface area contributed by atoms with Gasteiger partial charge in [0.25, 0.3) is 0 Å². The van der Waals surface area contributed by atoms with E-state index in [1.165, 1.54) is 24.1 Å². The number of thiazole rings is 1. The molecule has 19 heavy (non-hydrogen) atoms. The maximum Gasteiger partial charge on any atom is 0.190 e. The van der Waals surface area contributed by atoms with Gasteiger partial charge in [-0.3, -0.25) is 0 Å². The third-order valence-electron chi connectivity index (χ3n) is 3.94. The highest BCUT2D eigenvalue weighted by Crippen LogP contribution is 2.46. The highest BCUT2D eigenvalue weighted by Gasteiger charge is 2.31. The third-order valence-corrected chi connectivity index (χ3v) is 5.02. The number of hydrogen-bond acceptors (Lipinski definition) is 4. The van der Waals surface area contributed by atoms with Gasteiger partial charge in [0.15, 0.2) is 5.13 Å². The molecule has 1 N–H and O–H groups in total. The van der Waals surface area contributed by atoms with E-state index in [0.29, 0.717) is 5.92 Å². The molecule has 98 valence electrons. The number of aliphatic hydroxyl groups is 1. The van der Waals surface area contributed by atoms with Crippen molar-refractivity contribution in [2.45, 2.75) is 31.8 Å². The fourth-order valence-corrected chi connectivity index (χ4v) is 3.84. The molecule has 0 radical (unpaired) electrons. The van der Waals surface area contributed by atoms with Gasteiger partial charge in [-0.2, -0.15) is 0 Å². The van der Waals surface area contributed by atoms with Gasteiger partial charge in [-0.1, -0.05) is 29.5 Å². The molecule has 2 aliphatic rings. The van der Waals surface area contributed by atoms with E-state index in [1.54, 1.807) is 11.3 Å². The number of fused-ring (bicyclic) bond motifs is 1. The monoisotopic (exact) mass is 272 g/mol. The summed E-state index contributed by atoms with van der Waals surface area (Å²) in [7, 11) is 0. The molecule has 1 aliphatic heterocycles. The maximum atomic E-state index is 9.50. The third kappa shape index (κ3) is 1.86. The van der Waals surface area contributed by atoms with Crippen LogP contribution in [0, 0.1) is 0 Å². The smallest absolute Gasteiger partial charge is 0.190 e. The van der Waals surface area contributed by atoms with Crippen LogP contribution in [0.15, 0.2) is 24.3 Å². The van der Waals surface area contributed by atoms with Crippen LogP contribution in [0.25, 0.3) is 0 Å². The van der Waals surface area contributed by atoms with Crippen molar-refractivity contribution >= 4 is 22.2 Å². The fourth-order valence-electron chi connectivity index (χ4n) is 2.79. The molecule has 1 aliphatic carbocycles. The van der Waals surface area contributed by atoms with E-state index in [1.807, 2.05) is 0 Å². The molecule has 1 fully saturated rings. The lowest BCUT2D eigenvalue weighted by atomic mass is 10.2. The van der Waals surface area contributed by atoms with E-state index in [9.17, 15) is 5.11 Å². The van der Waals surface area contributed by atoms with Crippen LogP contribution in [0.3, 0.4) is 0 Å². The first-order valence-corrected chi connectivity index (χ1v) is 7.64. The lowest BCUT2D eigenvalue weighted by Crippen LogP contribution is -2.12. The van der Waals surface area contributed by atoms with Gasteiger partial charge in [0, 0.05) is 18.2 Å². The number of aliphatic hydroxyl groups excluding tert-OH is 1. The second-order valence-corrected chi connectivity index (χ2v) is 6.33. The Hall–Kier alpha value is -1.39. The second-order valence-electron chi connectivity index (χ2n) is 5.27. The molecule has 1 aromatic heterocycles. The summed E-state index contributed by atoms with van der Waals surface area (Å²) in [5.74, 6) is 0.602. The van der Waals surface area contributed by atoms with Gasteiger partial charge in [-0.25, -0.2) is 4.98 Å². The lowest BCUT2D eigenvalue weighted by Gasteiger charge is -2.15. The van der Waals surface area contributed by atoms with Gasteiger partial charge in [0.1, 0.15) is 0 Å². The number of hydrogen-bond donors (Lipinski definition) is 1. The van der Waals surface area contributed by atoms with Crippen LogP contribution >= 0.6 is 11.3 Å². The molecule has 1 aromatic carbocycles. The molecule has 0 bridgehead atoms. The van der Waals surface area contributed by atoms with Gasteiger partial charge in [0.05, 0.1) is 17.2 Å². The van der Waals surface area contributed by atoms with Crippen molar-refractivity contribution in [2.75, 3.05) is 11.4 Å². The van der Waals surface area contributed by atoms with Crippen LogP contribution in [-0.2, 0) is 13.0 Å². The Morgan fingerprint density at radius 2 is 2.16 bits per heavy atom. The summed E-state index contributed by atoms with van der Waals surface area (Å²) in [6.45, 7) is 1.13. The van der Waals surface area contributed by atoms with Crippen molar-refractivity contribution < 1.29 is 5.11 Å². The summed E-state index contributed by atoms with van der Waals surface area (Å²) in [6.07, 6.45) is 3.54. The zero-order valence-electron chi connectivity index (χ0n) is 10.7. The van der Waals surface area contributed by atoms with E-state index in [2.05, 4.69) is 29.2 Å². The molecule has 0 atom stereocenters. The zero-order valence-corrected chi connectivity index (χ0v) is 11.5. The number of para-hydroxylation sites is 1. The van der Waals surface area contributed by atoms with E-state index >= 15 is 0 Å². The van der Waals surface area contributed by atoms with Crippen molar-refractivity contribution in [3.05, 3.63) is 40.4 Å². The summed E-state index contributed by atoms with van der Waals surface area (Å²) in [4.78, 5) is 8.16. The van der Waals surface area contributed by atoms with Gasteiger partial charge >= 0.3 is 0 Å². The van der Waals surface area contributed by atoms with Gasteiger partial charge in [-0.15, -0.1) is 0 Å². The number of nitrogens with zero attached hydrogens (tertiary/aromatic N) is 2. The molecular weight excluding hydrogens is 256 g/mol. The Morgan fingerprint density at radius 1 is 1.32 bits per heavy atom. The quantitative estimate of drug-likeness (QED) is 0.932. The van der Waals surface area contributed by atoms with E-state index in [-0.39, 0.29) is 6.61 Å². The van der Waals surface area contributed by atoms with Crippen LogP contribution in [0.2, 0.25) is 0 Å². The molecule has 2 heterocycles. The van der Waals surface area contributed by atoms with Crippen molar-refractivity contribution in [1.82, 2.24) is 4.98 Å². The van der Waals surface area contributed by atoms with E-state index in [0.717, 1.165) is 28.7 Å². The Bertz CT molecular complexity index is 618.